The molecule has 0 atom stereocenters. The standard InChI is InChI=1S/C13H18F3N3O2/c1-19(6-3-7-21-2)9-4-5-11(13(14,15)16)10(8-9)12(17)18-20/h4-5,8,20H,3,6-7H2,1-2H3,(H2,17,18). The Kier molecular flexibility index (Phi) is 5.83. The summed E-state index contributed by atoms with van der Waals surface area (Å²) in [5.74, 6) is -0.575. The summed E-state index contributed by atoms with van der Waals surface area (Å²) in [4.78, 5) is 1.77. The molecule has 118 valence electrons. The second-order valence-electron chi connectivity index (χ2n) is 4.48. The van der Waals surface area contributed by atoms with Gasteiger partial charge in [-0.3, -0.25) is 0 Å². The maximum atomic E-state index is 12.9. The molecule has 3 N–H and O–H groups in total. The van der Waals surface area contributed by atoms with Gasteiger partial charge in [-0.2, -0.15) is 13.2 Å². The summed E-state index contributed by atoms with van der Waals surface area (Å²) in [5.41, 5.74) is 4.60. The molecule has 0 heterocycles. The van der Waals surface area contributed by atoms with Gasteiger partial charge < -0.3 is 20.6 Å². The normalized spacial score (nSPS) is 12.5. The minimum atomic E-state index is -4.57. The molecule has 0 aliphatic rings. The summed E-state index contributed by atoms with van der Waals surface area (Å²) < 4.78 is 43.6. The number of rotatable bonds is 6. The predicted molar refractivity (Wildman–Crippen MR) is 73.7 cm³/mol. The number of ether oxygens (including phenoxy) is 1. The minimum absolute atomic E-state index is 0.346. The van der Waals surface area contributed by atoms with E-state index < -0.39 is 17.6 Å². The van der Waals surface area contributed by atoms with Crippen LogP contribution in [0.15, 0.2) is 23.4 Å². The predicted octanol–water partition coefficient (Wildman–Crippen LogP) is 2.27. The van der Waals surface area contributed by atoms with Gasteiger partial charge in [-0.15, -0.1) is 0 Å². The van der Waals surface area contributed by atoms with Crippen LogP contribution < -0.4 is 10.6 Å². The van der Waals surface area contributed by atoms with Gasteiger partial charge in [-0.1, -0.05) is 5.16 Å². The average molecular weight is 305 g/mol. The van der Waals surface area contributed by atoms with Crippen LogP contribution in [0, 0.1) is 0 Å². The first-order chi connectivity index (χ1) is 9.81. The summed E-state index contributed by atoms with van der Waals surface area (Å²) in [6, 6.07) is 3.53. The van der Waals surface area contributed by atoms with Gasteiger partial charge in [-0.25, -0.2) is 0 Å². The lowest BCUT2D eigenvalue weighted by atomic mass is 10.0. The van der Waals surface area contributed by atoms with E-state index in [0.717, 1.165) is 12.5 Å². The molecule has 0 unspecified atom stereocenters. The molecule has 1 aromatic carbocycles. The van der Waals surface area contributed by atoms with E-state index in [1.165, 1.54) is 12.1 Å². The Hall–Kier alpha value is -1.96. The number of oxime groups is 1. The van der Waals surface area contributed by atoms with E-state index in [4.69, 9.17) is 15.7 Å². The first-order valence-electron chi connectivity index (χ1n) is 6.20. The van der Waals surface area contributed by atoms with Gasteiger partial charge in [0.05, 0.1) is 5.56 Å². The van der Waals surface area contributed by atoms with Gasteiger partial charge in [0.25, 0.3) is 0 Å². The van der Waals surface area contributed by atoms with Crippen LogP contribution in [-0.4, -0.2) is 38.4 Å². The number of amidine groups is 1. The molecule has 8 heteroatoms. The maximum Gasteiger partial charge on any atom is 0.417 e. The van der Waals surface area contributed by atoms with Gasteiger partial charge in [0.15, 0.2) is 5.84 Å². The van der Waals surface area contributed by atoms with Crippen LogP contribution in [0.1, 0.15) is 17.5 Å². The minimum Gasteiger partial charge on any atom is -0.409 e. The number of hydrogen-bond acceptors (Lipinski definition) is 4. The number of methoxy groups -OCH3 is 1. The van der Waals surface area contributed by atoms with Crippen LogP contribution in [-0.2, 0) is 10.9 Å². The maximum absolute atomic E-state index is 12.9. The van der Waals surface area contributed by atoms with Crippen molar-refractivity contribution in [3.63, 3.8) is 0 Å². The first-order valence-corrected chi connectivity index (χ1v) is 6.20. The van der Waals surface area contributed by atoms with Crippen LogP contribution in [0.4, 0.5) is 18.9 Å². The number of benzene rings is 1. The fourth-order valence-corrected chi connectivity index (χ4v) is 1.86. The Bertz CT molecular complexity index is 504. The molecule has 0 fully saturated rings. The summed E-state index contributed by atoms with van der Waals surface area (Å²) in [7, 11) is 3.32. The molecule has 0 radical (unpaired) electrons. The van der Waals surface area contributed by atoms with Crippen LogP contribution in [0.25, 0.3) is 0 Å². The van der Waals surface area contributed by atoms with E-state index in [-0.39, 0.29) is 5.56 Å². The van der Waals surface area contributed by atoms with E-state index in [0.29, 0.717) is 18.8 Å². The average Bonchev–Trinajstić information content (AvgIpc) is 2.45. The molecule has 0 aliphatic heterocycles. The molecule has 0 aromatic heterocycles. The molecule has 0 saturated carbocycles. The van der Waals surface area contributed by atoms with E-state index in [1.807, 2.05) is 0 Å². The van der Waals surface area contributed by atoms with Gasteiger partial charge in [-0.05, 0) is 24.6 Å². The third-order valence-electron chi connectivity index (χ3n) is 2.97. The zero-order valence-corrected chi connectivity index (χ0v) is 11.8. The highest BCUT2D eigenvalue weighted by atomic mass is 19.4. The van der Waals surface area contributed by atoms with Crippen molar-refractivity contribution in [2.45, 2.75) is 12.6 Å². The van der Waals surface area contributed by atoms with Gasteiger partial charge in [0, 0.05) is 38.6 Å². The lowest BCUT2D eigenvalue weighted by Crippen LogP contribution is -2.23. The SMILES string of the molecule is COCCCN(C)c1ccc(C(F)(F)F)c(/C(N)=N/O)c1. The van der Waals surface area contributed by atoms with Crippen LogP contribution >= 0.6 is 0 Å². The Morgan fingerprint density at radius 1 is 1.43 bits per heavy atom. The molecular formula is C13H18F3N3O2. The van der Waals surface area contributed by atoms with Crippen molar-refractivity contribution in [2.24, 2.45) is 10.9 Å². The Morgan fingerprint density at radius 3 is 2.62 bits per heavy atom. The Morgan fingerprint density at radius 2 is 2.10 bits per heavy atom. The number of halogens is 3. The first kappa shape index (κ1) is 17.1. The van der Waals surface area contributed by atoms with Crippen molar-refractivity contribution in [2.75, 3.05) is 32.2 Å². The van der Waals surface area contributed by atoms with Crippen molar-refractivity contribution in [1.82, 2.24) is 0 Å². The second kappa shape index (κ2) is 7.16. The van der Waals surface area contributed by atoms with Crippen molar-refractivity contribution >= 4 is 11.5 Å². The molecule has 21 heavy (non-hydrogen) atoms. The number of hydrogen-bond donors (Lipinski definition) is 2. The van der Waals surface area contributed by atoms with E-state index >= 15 is 0 Å². The summed E-state index contributed by atoms with van der Waals surface area (Å²) in [6.45, 7) is 1.16. The van der Waals surface area contributed by atoms with Crippen molar-refractivity contribution in [1.29, 1.82) is 0 Å². The summed E-state index contributed by atoms with van der Waals surface area (Å²) in [5, 5.41) is 11.3. The summed E-state index contributed by atoms with van der Waals surface area (Å²) in [6.07, 6.45) is -3.84. The summed E-state index contributed by atoms with van der Waals surface area (Å²) >= 11 is 0. The van der Waals surface area contributed by atoms with E-state index in [2.05, 4.69) is 5.16 Å². The topological polar surface area (TPSA) is 71.1 Å². The van der Waals surface area contributed by atoms with Crippen LogP contribution in [0.2, 0.25) is 0 Å². The molecule has 0 saturated heterocycles. The Balaban J connectivity index is 3.10. The molecule has 0 bridgehead atoms. The molecule has 0 spiro atoms. The number of nitrogens with zero attached hydrogens (tertiary/aromatic N) is 2. The quantitative estimate of drug-likeness (QED) is 0.278. The van der Waals surface area contributed by atoms with Crippen LogP contribution in [0.3, 0.4) is 0 Å². The van der Waals surface area contributed by atoms with Gasteiger partial charge in [0.1, 0.15) is 0 Å². The monoisotopic (exact) mass is 305 g/mol. The number of alkyl halides is 3. The second-order valence-corrected chi connectivity index (χ2v) is 4.48. The van der Waals surface area contributed by atoms with Crippen molar-refractivity contribution in [3.05, 3.63) is 29.3 Å². The highest BCUT2D eigenvalue weighted by molar-refractivity contribution is 5.99. The van der Waals surface area contributed by atoms with Crippen molar-refractivity contribution < 1.29 is 23.1 Å². The molecule has 0 aliphatic carbocycles. The number of nitrogens with two attached hydrogens (primary N) is 1. The van der Waals surface area contributed by atoms with Crippen LogP contribution in [0.5, 0.6) is 0 Å². The van der Waals surface area contributed by atoms with E-state index in [9.17, 15) is 13.2 Å². The van der Waals surface area contributed by atoms with Gasteiger partial charge >= 0.3 is 6.18 Å². The fourth-order valence-electron chi connectivity index (χ4n) is 1.86. The molecule has 0 amide bonds. The lowest BCUT2D eigenvalue weighted by molar-refractivity contribution is -0.137. The van der Waals surface area contributed by atoms with Gasteiger partial charge in [0.2, 0.25) is 0 Å². The molecule has 1 aromatic rings. The lowest BCUT2D eigenvalue weighted by Gasteiger charge is -2.21. The highest BCUT2D eigenvalue weighted by Crippen LogP contribution is 2.33. The smallest absolute Gasteiger partial charge is 0.409 e. The highest BCUT2D eigenvalue weighted by Gasteiger charge is 2.34. The largest absolute Gasteiger partial charge is 0.417 e. The third kappa shape index (κ3) is 4.52. The molecule has 1 rings (SSSR count). The third-order valence-corrected chi connectivity index (χ3v) is 2.97. The fraction of sp³-hybridized carbons (Fsp3) is 0.462. The Labute approximate surface area is 120 Å². The van der Waals surface area contributed by atoms with Crippen molar-refractivity contribution in [3.8, 4) is 0 Å². The molecule has 5 nitrogen and oxygen atoms in total. The zero-order valence-electron chi connectivity index (χ0n) is 11.8. The molecular weight excluding hydrogens is 287 g/mol. The zero-order chi connectivity index (χ0) is 16.0. The van der Waals surface area contributed by atoms with E-state index in [1.54, 1.807) is 19.1 Å². The number of anilines is 1.